The summed E-state index contributed by atoms with van der Waals surface area (Å²) in [6.45, 7) is 14.4. The molecule has 0 amide bonds. The molecule has 0 fully saturated rings. The lowest BCUT2D eigenvalue weighted by Crippen LogP contribution is -2.28. The number of imidazole rings is 1. The number of esters is 1. The summed E-state index contributed by atoms with van der Waals surface area (Å²) < 4.78 is 8.75. The first kappa shape index (κ1) is 28.9. The number of aromatic hydroxyl groups is 1. The minimum absolute atomic E-state index is 0.0379. The van der Waals surface area contributed by atoms with Crippen LogP contribution in [0.2, 0.25) is 0 Å². The molecule has 40 heavy (non-hydrogen) atoms. The molecule has 4 rings (SSSR count). The highest BCUT2D eigenvalue weighted by atomic mass is 16.5. The molecule has 0 unspecified atom stereocenters. The number of para-hydroxylation sites is 2. The molecule has 4 aromatic rings. The quantitative estimate of drug-likeness (QED) is 0.211. The number of hydrogen-bond acceptors (Lipinski definition) is 5. The van der Waals surface area contributed by atoms with Crippen molar-refractivity contribution >= 4 is 22.8 Å². The molecule has 0 aliphatic carbocycles. The average Bonchev–Trinajstić information content (AvgIpc) is 3.13. The Morgan fingerprint density at radius 1 is 0.850 bits per heavy atom. The molecule has 210 valence electrons. The molecule has 0 bridgehead atoms. The fourth-order valence-corrected chi connectivity index (χ4v) is 5.02. The number of nitrogens with one attached hydrogen (secondary N) is 1. The lowest BCUT2D eigenvalue weighted by molar-refractivity contribution is 0.0524. The SMILES string of the molecule is CCOC(=O)c1ccccc1Cn1c(=N)n(CC(=O)c2cc(C(C)(C)C)c(O)c(C(C)(C)C)c2)c2ccccc21. The Morgan fingerprint density at radius 3 is 1.93 bits per heavy atom. The smallest absolute Gasteiger partial charge is 0.338 e. The summed E-state index contributed by atoms with van der Waals surface area (Å²) in [7, 11) is 0. The molecule has 0 radical (unpaired) electrons. The second-order valence-electron chi connectivity index (χ2n) is 12.2. The van der Waals surface area contributed by atoms with Gasteiger partial charge < -0.3 is 19.0 Å². The molecular formula is C33H39N3O4. The van der Waals surface area contributed by atoms with Crippen molar-refractivity contribution in [2.24, 2.45) is 0 Å². The van der Waals surface area contributed by atoms with Crippen LogP contribution in [0.4, 0.5) is 0 Å². The van der Waals surface area contributed by atoms with Crippen molar-refractivity contribution in [1.82, 2.24) is 9.13 Å². The van der Waals surface area contributed by atoms with Crippen LogP contribution in [-0.2, 0) is 28.7 Å². The summed E-state index contributed by atoms with van der Waals surface area (Å²) in [5.74, 6) is -0.327. The molecule has 0 atom stereocenters. The van der Waals surface area contributed by atoms with E-state index in [0.717, 1.165) is 27.7 Å². The Labute approximate surface area is 235 Å². The molecule has 1 heterocycles. The molecule has 7 heteroatoms. The van der Waals surface area contributed by atoms with Crippen molar-refractivity contribution in [2.45, 2.75) is 72.4 Å². The van der Waals surface area contributed by atoms with Gasteiger partial charge in [-0.05, 0) is 53.6 Å². The van der Waals surface area contributed by atoms with E-state index in [0.29, 0.717) is 11.1 Å². The number of ether oxygens (including phenoxy) is 1. The fourth-order valence-electron chi connectivity index (χ4n) is 5.02. The number of Topliss-reactive ketones (excluding diaryl/α,β-unsaturated/α-hetero) is 1. The largest absolute Gasteiger partial charge is 0.507 e. The van der Waals surface area contributed by atoms with Crippen LogP contribution >= 0.6 is 0 Å². The van der Waals surface area contributed by atoms with Gasteiger partial charge in [0.25, 0.3) is 0 Å². The number of fused-ring (bicyclic) bond motifs is 1. The van der Waals surface area contributed by atoms with Crippen LogP contribution in [0.15, 0.2) is 60.7 Å². The maximum atomic E-state index is 13.8. The van der Waals surface area contributed by atoms with Gasteiger partial charge >= 0.3 is 5.97 Å². The summed E-state index contributed by atoms with van der Waals surface area (Å²) in [6, 6.07) is 18.4. The molecule has 3 aromatic carbocycles. The van der Waals surface area contributed by atoms with Crippen LogP contribution in [0, 0.1) is 5.41 Å². The van der Waals surface area contributed by atoms with Crippen LogP contribution in [-0.4, -0.2) is 32.6 Å². The molecule has 0 saturated heterocycles. The third-order valence-corrected chi connectivity index (χ3v) is 7.17. The van der Waals surface area contributed by atoms with Gasteiger partial charge in [0.15, 0.2) is 5.78 Å². The Bertz CT molecular complexity index is 1610. The molecule has 0 saturated carbocycles. The molecule has 0 aliphatic heterocycles. The van der Waals surface area contributed by atoms with Crippen LogP contribution in [0.1, 0.15) is 85.9 Å². The Balaban J connectivity index is 1.80. The number of phenols is 1. The molecule has 0 spiro atoms. The summed E-state index contributed by atoms with van der Waals surface area (Å²) in [6.07, 6.45) is 0. The molecule has 7 nitrogen and oxygen atoms in total. The van der Waals surface area contributed by atoms with Gasteiger partial charge in [0.2, 0.25) is 5.62 Å². The Morgan fingerprint density at radius 2 is 1.38 bits per heavy atom. The minimum Gasteiger partial charge on any atom is -0.507 e. The number of benzene rings is 3. The van der Waals surface area contributed by atoms with Crippen molar-refractivity contribution in [3.05, 3.63) is 94.1 Å². The third-order valence-electron chi connectivity index (χ3n) is 7.17. The van der Waals surface area contributed by atoms with E-state index in [1.807, 2.05) is 77.9 Å². The third kappa shape index (κ3) is 5.60. The number of ketones is 1. The van der Waals surface area contributed by atoms with Crippen molar-refractivity contribution in [1.29, 1.82) is 5.41 Å². The highest BCUT2D eigenvalue weighted by Gasteiger charge is 2.28. The first-order chi connectivity index (χ1) is 18.7. The van der Waals surface area contributed by atoms with E-state index in [-0.39, 0.29) is 47.7 Å². The zero-order valence-electron chi connectivity index (χ0n) is 24.5. The van der Waals surface area contributed by atoms with Crippen LogP contribution in [0.3, 0.4) is 0 Å². The van der Waals surface area contributed by atoms with Gasteiger partial charge in [-0.3, -0.25) is 10.2 Å². The van der Waals surface area contributed by atoms with Crippen molar-refractivity contribution in [2.75, 3.05) is 6.61 Å². The summed E-state index contributed by atoms with van der Waals surface area (Å²) >= 11 is 0. The Hall–Kier alpha value is -4.13. The first-order valence-corrected chi connectivity index (χ1v) is 13.6. The number of phenolic OH excluding ortho intramolecular Hbond substituents is 1. The minimum atomic E-state index is -0.402. The van der Waals surface area contributed by atoms with Crippen LogP contribution < -0.4 is 5.62 Å². The molecule has 1 aromatic heterocycles. The highest BCUT2D eigenvalue weighted by molar-refractivity contribution is 5.97. The number of nitrogens with zero attached hydrogens (tertiary/aromatic N) is 2. The molecule has 2 N–H and O–H groups in total. The topological polar surface area (TPSA) is 97.3 Å². The standard InChI is InChI=1S/C33H39N3O4/c1-8-40-30(39)23-14-10-9-13-21(23)19-35-26-15-11-12-16-27(26)36(31(35)34)20-28(37)22-17-24(32(2,3)4)29(38)25(18-22)33(5,6)7/h9-18,34,38H,8,19-20H2,1-7H3. The first-order valence-electron chi connectivity index (χ1n) is 13.6. The zero-order chi connectivity index (χ0) is 29.4. The second-order valence-corrected chi connectivity index (χ2v) is 12.2. The normalized spacial score (nSPS) is 12.1. The zero-order valence-corrected chi connectivity index (χ0v) is 24.5. The van der Waals surface area contributed by atoms with E-state index < -0.39 is 5.97 Å². The van der Waals surface area contributed by atoms with Gasteiger partial charge in [-0.25, -0.2) is 4.79 Å². The van der Waals surface area contributed by atoms with Crippen LogP contribution in [0.25, 0.3) is 11.0 Å². The maximum Gasteiger partial charge on any atom is 0.338 e. The predicted molar refractivity (Wildman–Crippen MR) is 157 cm³/mol. The second kappa shape index (κ2) is 10.8. The summed E-state index contributed by atoms with van der Waals surface area (Å²) in [5, 5.41) is 20.2. The Kier molecular flexibility index (Phi) is 7.79. The maximum absolute atomic E-state index is 13.8. The van der Waals surface area contributed by atoms with Crippen molar-refractivity contribution < 1.29 is 19.4 Å². The van der Waals surface area contributed by atoms with E-state index in [1.165, 1.54) is 0 Å². The van der Waals surface area contributed by atoms with Crippen molar-refractivity contribution in [3.8, 4) is 5.75 Å². The van der Waals surface area contributed by atoms with E-state index in [9.17, 15) is 14.7 Å². The molecule has 0 aliphatic rings. The highest BCUT2D eigenvalue weighted by Crippen LogP contribution is 2.40. The van der Waals surface area contributed by atoms with Gasteiger partial charge in [0, 0.05) is 16.7 Å². The number of hydrogen-bond donors (Lipinski definition) is 2. The average molecular weight is 542 g/mol. The van der Waals surface area contributed by atoms with E-state index >= 15 is 0 Å². The van der Waals surface area contributed by atoms with Crippen molar-refractivity contribution in [3.63, 3.8) is 0 Å². The van der Waals surface area contributed by atoms with Gasteiger partial charge in [-0.1, -0.05) is 71.9 Å². The van der Waals surface area contributed by atoms with E-state index in [2.05, 4.69) is 0 Å². The number of carbonyl (C=O) groups excluding carboxylic acids is 2. The molecular weight excluding hydrogens is 502 g/mol. The van der Waals surface area contributed by atoms with Gasteiger partial charge in [-0.15, -0.1) is 0 Å². The number of carbonyl (C=O) groups is 2. The number of rotatable bonds is 7. The fraction of sp³-hybridized carbons (Fsp3) is 0.364. The lowest BCUT2D eigenvalue weighted by Gasteiger charge is -2.28. The number of aromatic nitrogens is 2. The van der Waals surface area contributed by atoms with Gasteiger partial charge in [-0.2, -0.15) is 0 Å². The van der Waals surface area contributed by atoms with Crippen LogP contribution in [0.5, 0.6) is 5.75 Å². The predicted octanol–water partition coefficient (Wildman–Crippen LogP) is 6.33. The van der Waals surface area contributed by atoms with E-state index in [1.54, 1.807) is 40.3 Å². The summed E-state index contributed by atoms with van der Waals surface area (Å²) in [5.41, 5.74) is 4.09. The summed E-state index contributed by atoms with van der Waals surface area (Å²) in [4.78, 5) is 26.4. The lowest BCUT2D eigenvalue weighted by atomic mass is 9.78. The van der Waals surface area contributed by atoms with Gasteiger partial charge in [0.1, 0.15) is 5.75 Å². The van der Waals surface area contributed by atoms with Gasteiger partial charge in [0.05, 0.1) is 36.3 Å². The van der Waals surface area contributed by atoms with E-state index in [4.69, 9.17) is 10.1 Å². The monoisotopic (exact) mass is 541 g/mol.